The van der Waals surface area contributed by atoms with Crippen LogP contribution < -0.4 is 0 Å². The van der Waals surface area contributed by atoms with Gasteiger partial charge in [0.25, 0.3) is 5.66 Å². The molecule has 0 saturated heterocycles. The molecule has 0 aromatic heterocycles. The normalized spacial score (nSPS) is 13.6. The van der Waals surface area contributed by atoms with Crippen molar-refractivity contribution in [3.63, 3.8) is 0 Å². The lowest BCUT2D eigenvalue weighted by Gasteiger charge is -2.25. The highest BCUT2D eigenvalue weighted by molar-refractivity contribution is 6.07. The number of nitrogens with zero attached hydrogens (tertiary/aromatic N) is 6. The van der Waals surface area contributed by atoms with Gasteiger partial charge in [-0.2, -0.15) is 0 Å². The number of hydrogen-bond acceptors (Lipinski definition) is 5. The van der Waals surface area contributed by atoms with Crippen LogP contribution in [-0.2, 0) is 14.3 Å². The van der Waals surface area contributed by atoms with E-state index < -0.39 is 23.0 Å². The van der Waals surface area contributed by atoms with Crippen molar-refractivity contribution < 1.29 is 14.3 Å². The summed E-state index contributed by atoms with van der Waals surface area (Å²) in [6.07, 6.45) is 0. The van der Waals surface area contributed by atoms with Crippen molar-refractivity contribution in [1.82, 2.24) is 0 Å². The minimum atomic E-state index is -2.52. The van der Waals surface area contributed by atoms with Gasteiger partial charge in [-0.3, -0.25) is 9.59 Å². The number of ether oxygens (including phenoxy) is 1. The molecule has 0 atom stereocenters. The van der Waals surface area contributed by atoms with Crippen molar-refractivity contribution in [1.29, 1.82) is 0 Å². The fraction of sp³-hybridized carbons (Fsp3) is 0.750. The van der Waals surface area contributed by atoms with E-state index in [-0.39, 0.29) is 0 Å². The standard InChI is InChI=1S/C8H12N6O3/c1-5(15)8(11-13-9,12-14-10)6(16)17-7(2,3)4/h1-4H3. The molecule has 0 fully saturated rings. The van der Waals surface area contributed by atoms with Crippen molar-refractivity contribution in [2.24, 2.45) is 10.2 Å². The number of hydrogen-bond donors (Lipinski definition) is 0. The highest BCUT2D eigenvalue weighted by atomic mass is 16.6. The summed E-state index contributed by atoms with van der Waals surface area (Å²) in [6, 6.07) is 0. The first-order chi connectivity index (χ1) is 7.69. The third kappa shape index (κ3) is 3.67. The van der Waals surface area contributed by atoms with Gasteiger partial charge < -0.3 is 4.74 Å². The lowest BCUT2D eigenvalue weighted by Crippen LogP contribution is -2.45. The topological polar surface area (TPSA) is 141 Å². The Balaban J connectivity index is 5.61. The first-order valence-corrected chi connectivity index (χ1v) is 4.56. The smallest absolute Gasteiger partial charge is 0.332 e. The number of carbonyl (C=O) groups is 2. The van der Waals surface area contributed by atoms with E-state index in [1.165, 1.54) is 0 Å². The van der Waals surface area contributed by atoms with Crippen LogP contribution in [0, 0.1) is 0 Å². The molecular formula is C8H12N6O3. The van der Waals surface area contributed by atoms with Gasteiger partial charge in [0.1, 0.15) is 5.60 Å². The molecule has 0 rings (SSSR count). The summed E-state index contributed by atoms with van der Waals surface area (Å²) in [4.78, 5) is 27.7. The van der Waals surface area contributed by atoms with Crippen molar-refractivity contribution in [3.8, 4) is 0 Å². The zero-order chi connectivity index (χ0) is 13.7. The fourth-order valence-corrected chi connectivity index (χ4v) is 0.865. The van der Waals surface area contributed by atoms with Crippen LogP contribution in [-0.4, -0.2) is 23.0 Å². The Kier molecular flexibility index (Phi) is 4.51. The first kappa shape index (κ1) is 14.8. The molecule has 92 valence electrons. The second kappa shape index (κ2) is 5.20. The van der Waals surface area contributed by atoms with E-state index in [0.717, 1.165) is 6.92 Å². The van der Waals surface area contributed by atoms with Crippen LogP contribution in [0.2, 0.25) is 0 Å². The molecule has 0 heterocycles. The monoisotopic (exact) mass is 240 g/mol. The molecule has 0 aliphatic heterocycles. The number of rotatable bonds is 4. The maximum Gasteiger partial charge on any atom is 0.332 e. The van der Waals surface area contributed by atoms with Crippen molar-refractivity contribution in [3.05, 3.63) is 20.9 Å². The van der Waals surface area contributed by atoms with Crippen LogP contribution in [0.3, 0.4) is 0 Å². The van der Waals surface area contributed by atoms with Crippen LogP contribution in [0.4, 0.5) is 0 Å². The molecule has 0 aliphatic carbocycles. The van der Waals surface area contributed by atoms with Gasteiger partial charge in [0, 0.05) is 9.82 Å². The van der Waals surface area contributed by atoms with Gasteiger partial charge in [-0.25, -0.2) is 0 Å². The molecule has 9 nitrogen and oxygen atoms in total. The second-order valence-electron chi connectivity index (χ2n) is 4.11. The summed E-state index contributed by atoms with van der Waals surface area (Å²) in [5, 5.41) is 5.93. The van der Waals surface area contributed by atoms with Crippen LogP contribution in [0.5, 0.6) is 0 Å². The van der Waals surface area contributed by atoms with Crippen molar-refractivity contribution >= 4 is 11.8 Å². The zero-order valence-corrected chi connectivity index (χ0v) is 9.91. The van der Waals surface area contributed by atoms with Gasteiger partial charge in [0.2, 0.25) is 0 Å². The fourth-order valence-electron chi connectivity index (χ4n) is 0.865. The predicted molar refractivity (Wildman–Crippen MR) is 57.5 cm³/mol. The summed E-state index contributed by atoms with van der Waals surface area (Å²) < 4.78 is 4.88. The van der Waals surface area contributed by atoms with Crippen LogP contribution in [0.1, 0.15) is 27.7 Å². The van der Waals surface area contributed by atoms with Gasteiger partial charge >= 0.3 is 5.97 Å². The highest BCUT2D eigenvalue weighted by Gasteiger charge is 2.45. The zero-order valence-electron chi connectivity index (χ0n) is 9.91. The summed E-state index contributed by atoms with van der Waals surface area (Å²) in [5.74, 6) is -2.12. The molecule has 0 unspecified atom stereocenters. The Hall–Kier alpha value is -2.24. The van der Waals surface area contributed by atoms with Crippen molar-refractivity contribution in [2.45, 2.75) is 39.0 Å². The molecule has 0 bridgehead atoms. The van der Waals surface area contributed by atoms with Crippen LogP contribution >= 0.6 is 0 Å². The van der Waals surface area contributed by atoms with Gasteiger partial charge in [-0.05, 0) is 38.8 Å². The summed E-state index contributed by atoms with van der Waals surface area (Å²) in [5.41, 5.74) is 13.3. The molecule has 0 amide bonds. The number of azide groups is 1. The quantitative estimate of drug-likeness (QED) is 0.244. The molecule has 0 aromatic carbocycles. The lowest BCUT2D eigenvalue weighted by molar-refractivity contribution is -0.163. The molecule has 0 aromatic rings. The van der Waals surface area contributed by atoms with E-state index >= 15 is 0 Å². The lowest BCUT2D eigenvalue weighted by atomic mass is 10.1. The predicted octanol–water partition coefficient (Wildman–Crippen LogP) is 2.23. The highest BCUT2D eigenvalue weighted by Crippen LogP contribution is 2.21. The molecule has 0 N–H and O–H groups in total. The average molecular weight is 240 g/mol. The molecule has 0 aliphatic rings. The van der Waals surface area contributed by atoms with E-state index in [4.69, 9.17) is 15.8 Å². The molecule has 0 spiro atoms. The number of ketones is 1. The van der Waals surface area contributed by atoms with Gasteiger partial charge in [-0.15, -0.1) is 0 Å². The van der Waals surface area contributed by atoms with E-state index in [2.05, 4.69) is 20.1 Å². The minimum absolute atomic E-state index is 0.909. The largest absolute Gasteiger partial charge is 0.459 e. The summed E-state index contributed by atoms with van der Waals surface area (Å²) in [6.45, 7) is 5.64. The molecule has 17 heavy (non-hydrogen) atoms. The van der Waals surface area contributed by atoms with Gasteiger partial charge in [-0.1, -0.05) is 10.2 Å². The van der Waals surface area contributed by atoms with E-state index in [1.807, 2.05) is 0 Å². The third-order valence-electron chi connectivity index (χ3n) is 1.55. The Morgan fingerprint density at radius 1 is 1.12 bits per heavy atom. The van der Waals surface area contributed by atoms with Crippen LogP contribution in [0.15, 0.2) is 10.2 Å². The van der Waals surface area contributed by atoms with E-state index in [1.54, 1.807) is 20.8 Å². The Morgan fingerprint density at radius 2 is 1.53 bits per heavy atom. The van der Waals surface area contributed by atoms with E-state index in [9.17, 15) is 9.59 Å². The molecule has 9 heteroatoms. The Morgan fingerprint density at radius 3 is 1.76 bits per heavy atom. The number of esters is 1. The maximum absolute atomic E-state index is 11.7. The SMILES string of the molecule is CC(=O)C(N=[N+]=[N-])(N=[N+]=[N-])C(=O)OC(C)(C)C. The number of carbonyl (C=O) groups excluding carboxylic acids is 2. The summed E-state index contributed by atoms with van der Waals surface area (Å²) >= 11 is 0. The average Bonchev–Trinajstić information content (AvgIpc) is 2.13. The second-order valence-corrected chi connectivity index (χ2v) is 4.11. The maximum atomic E-state index is 11.7. The van der Waals surface area contributed by atoms with Gasteiger partial charge in [0.05, 0.1) is 0 Å². The minimum Gasteiger partial charge on any atom is -0.459 e. The molecular weight excluding hydrogens is 228 g/mol. The third-order valence-corrected chi connectivity index (χ3v) is 1.55. The summed E-state index contributed by atoms with van der Waals surface area (Å²) in [7, 11) is 0. The number of Topliss-reactive ketones (excluding diaryl/α,β-unsaturated/α-hetero) is 1. The van der Waals surface area contributed by atoms with E-state index in [0.29, 0.717) is 0 Å². The first-order valence-electron chi connectivity index (χ1n) is 4.56. The van der Waals surface area contributed by atoms with Crippen molar-refractivity contribution in [2.75, 3.05) is 0 Å². The molecule has 0 radical (unpaired) electrons. The Bertz CT molecular complexity index is 402. The Labute approximate surface area is 97.0 Å². The van der Waals surface area contributed by atoms with Gasteiger partial charge in [0.15, 0.2) is 5.78 Å². The molecule has 0 saturated carbocycles. The van der Waals surface area contributed by atoms with Crippen LogP contribution in [0.25, 0.3) is 20.9 Å².